The number of benzene rings is 1. The van der Waals surface area contributed by atoms with E-state index in [2.05, 4.69) is 10.2 Å². The standard InChI is InChI=1S/C13H14N2O2/c1-3-17-12(16)8-9(2)13-10-6-4-5-7-11(10)14-15-13/h4-8H,3H2,1-2H3,(H,14,15). The summed E-state index contributed by atoms with van der Waals surface area (Å²) in [6.45, 7) is 4.01. The quantitative estimate of drug-likeness (QED) is 0.651. The minimum Gasteiger partial charge on any atom is -0.463 e. The molecule has 2 aromatic rings. The molecule has 0 saturated carbocycles. The van der Waals surface area contributed by atoms with Gasteiger partial charge in [-0.1, -0.05) is 18.2 Å². The first-order chi connectivity index (χ1) is 8.22. The minimum atomic E-state index is -0.336. The lowest BCUT2D eigenvalue weighted by Crippen LogP contribution is -2.00. The van der Waals surface area contributed by atoms with E-state index in [9.17, 15) is 4.79 Å². The van der Waals surface area contributed by atoms with Gasteiger partial charge in [-0.25, -0.2) is 4.79 Å². The monoisotopic (exact) mass is 230 g/mol. The fourth-order valence-corrected chi connectivity index (χ4v) is 1.69. The Bertz CT molecular complexity index is 570. The zero-order chi connectivity index (χ0) is 12.3. The van der Waals surface area contributed by atoms with E-state index in [0.29, 0.717) is 6.61 Å². The highest BCUT2D eigenvalue weighted by molar-refractivity contribution is 5.96. The van der Waals surface area contributed by atoms with Crippen LogP contribution in [0, 0.1) is 0 Å². The third-order valence-corrected chi connectivity index (χ3v) is 2.46. The lowest BCUT2D eigenvalue weighted by molar-refractivity contribution is -0.137. The number of carbonyl (C=O) groups is 1. The van der Waals surface area contributed by atoms with Crippen LogP contribution >= 0.6 is 0 Å². The molecule has 17 heavy (non-hydrogen) atoms. The van der Waals surface area contributed by atoms with Gasteiger partial charge in [-0.3, -0.25) is 5.10 Å². The van der Waals surface area contributed by atoms with Crippen molar-refractivity contribution in [2.75, 3.05) is 6.61 Å². The van der Waals surface area contributed by atoms with E-state index in [1.165, 1.54) is 6.08 Å². The maximum Gasteiger partial charge on any atom is 0.331 e. The molecule has 88 valence electrons. The average Bonchev–Trinajstić information content (AvgIpc) is 2.72. The predicted molar refractivity (Wildman–Crippen MR) is 66.4 cm³/mol. The van der Waals surface area contributed by atoms with E-state index in [-0.39, 0.29) is 5.97 Å². The number of rotatable bonds is 3. The molecule has 0 atom stereocenters. The normalized spacial score (nSPS) is 11.8. The fraction of sp³-hybridized carbons (Fsp3) is 0.231. The van der Waals surface area contributed by atoms with Gasteiger partial charge in [0.05, 0.1) is 17.8 Å². The summed E-state index contributed by atoms with van der Waals surface area (Å²) >= 11 is 0. The van der Waals surface area contributed by atoms with Gasteiger partial charge in [-0.15, -0.1) is 0 Å². The van der Waals surface area contributed by atoms with Gasteiger partial charge in [-0.2, -0.15) is 5.10 Å². The van der Waals surface area contributed by atoms with Crippen molar-refractivity contribution < 1.29 is 9.53 Å². The first-order valence-electron chi connectivity index (χ1n) is 5.51. The average molecular weight is 230 g/mol. The Kier molecular flexibility index (Phi) is 3.23. The lowest BCUT2D eigenvalue weighted by atomic mass is 10.1. The number of nitrogens with zero attached hydrogens (tertiary/aromatic N) is 1. The summed E-state index contributed by atoms with van der Waals surface area (Å²) < 4.78 is 4.87. The first kappa shape index (κ1) is 11.4. The molecule has 0 radical (unpaired) electrons. The van der Waals surface area contributed by atoms with Crippen LogP contribution in [-0.4, -0.2) is 22.8 Å². The molecule has 1 N–H and O–H groups in total. The van der Waals surface area contributed by atoms with Gasteiger partial charge in [0, 0.05) is 11.5 Å². The molecule has 0 spiro atoms. The van der Waals surface area contributed by atoms with Crippen molar-refractivity contribution in [2.45, 2.75) is 13.8 Å². The molecule has 0 aliphatic carbocycles. The van der Waals surface area contributed by atoms with Gasteiger partial charge < -0.3 is 4.74 Å². The van der Waals surface area contributed by atoms with Crippen LogP contribution < -0.4 is 0 Å². The van der Waals surface area contributed by atoms with E-state index in [4.69, 9.17) is 4.74 Å². The molecule has 4 nitrogen and oxygen atoms in total. The molecule has 0 bridgehead atoms. The number of fused-ring (bicyclic) bond motifs is 1. The van der Waals surface area contributed by atoms with E-state index in [1.807, 2.05) is 31.2 Å². The maximum atomic E-state index is 11.3. The van der Waals surface area contributed by atoms with Crippen LogP contribution in [0.1, 0.15) is 19.5 Å². The highest BCUT2D eigenvalue weighted by atomic mass is 16.5. The van der Waals surface area contributed by atoms with E-state index < -0.39 is 0 Å². The number of esters is 1. The van der Waals surface area contributed by atoms with Crippen molar-refractivity contribution in [2.24, 2.45) is 0 Å². The smallest absolute Gasteiger partial charge is 0.331 e. The second kappa shape index (κ2) is 4.82. The molecule has 4 heteroatoms. The summed E-state index contributed by atoms with van der Waals surface area (Å²) in [5.41, 5.74) is 2.54. The van der Waals surface area contributed by atoms with Crippen LogP contribution in [0.5, 0.6) is 0 Å². The molecule has 0 aliphatic rings. The summed E-state index contributed by atoms with van der Waals surface area (Å²) in [5, 5.41) is 8.14. The van der Waals surface area contributed by atoms with Crippen molar-refractivity contribution >= 4 is 22.4 Å². The molecular formula is C13H14N2O2. The Morgan fingerprint density at radius 3 is 3.00 bits per heavy atom. The van der Waals surface area contributed by atoms with Crippen LogP contribution in [0.3, 0.4) is 0 Å². The van der Waals surface area contributed by atoms with Crippen LogP contribution in [0.4, 0.5) is 0 Å². The molecule has 1 heterocycles. The Hall–Kier alpha value is -2.10. The van der Waals surface area contributed by atoms with Crippen LogP contribution in [0.25, 0.3) is 16.5 Å². The van der Waals surface area contributed by atoms with Crippen molar-refractivity contribution in [3.8, 4) is 0 Å². The number of aromatic nitrogens is 2. The largest absolute Gasteiger partial charge is 0.463 e. The lowest BCUT2D eigenvalue weighted by Gasteiger charge is -1.99. The molecule has 0 fully saturated rings. The minimum absolute atomic E-state index is 0.336. The number of allylic oxidation sites excluding steroid dienone is 1. The Morgan fingerprint density at radius 2 is 2.24 bits per heavy atom. The van der Waals surface area contributed by atoms with E-state index >= 15 is 0 Å². The van der Waals surface area contributed by atoms with Crippen molar-refractivity contribution in [3.63, 3.8) is 0 Å². The molecule has 2 rings (SSSR count). The number of hydrogen-bond acceptors (Lipinski definition) is 3. The van der Waals surface area contributed by atoms with Gasteiger partial charge in [-0.05, 0) is 25.5 Å². The zero-order valence-corrected chi connectivity index (χ0v) is 9.86. The van der Waals surface area contributed by atoms with Crippen molar-refractivity contribution in [1.82, 2.24) is 10.2 Å². The van der Waals surface area contributed by atoms with Gasteiger partial charge in [0.15, 0.2) is 0 Å². The Morgan fingerprint density at radius 1 is 1.47 bits per heavy atom. The molecule has 1 aromatic heterocycles. The molecule has 0 unspecified atom stereocenters. The third kappa shape index (κ3) is 2.36. The maximum absolute atomic E-state index is 11.3. The van der Waals surface area contributed by atoms with Crippen LogP contribution in [0.2, 0.25) is 0 Å². The van der Waals surface area contributed by atoms with Crippen molar-refractivity contribution in [1.29, 1.82) is 0 Å². The highest BCUT2D eigenvalue weighted by Gasteiger charge is 2.08. The summed E-state index contributed by atoms with van der Waals surface area (Å²) in [7, 11) is 0. The molecule has 1 aromatic carbocycles. The van der Waals surface area contributed by atoms with Crippen LogP contribution in [-0.2, 0) is 9.53 Å². The van der Waals surface area contributed by atoms with Crippen molar-refractivity contribution in [3.05, 3.63) is 36.0 Å². The fourth-order valence-electron chi connectivity index (χ4n) is 1.69. The SMILES string of the molecule is CCOC(=O)C=C(C)c1n[nH]c2ccccc12. The zero-order valence-electron chi connectivity index (χ0n) is 9.86. The molecule has 0 saturated heterocycles. The Labute approximate surface area is 99.3 Å². The Balaban J connectivity index is 2.36. The number of H-pyrrole nitrogens is 1. The predicted octanol–water partition coefficient (Wildman–Crippen LogP) is 2.53. The number of ether oxygens (including phenoxy) is 1. The number of carbonyl (C=O) groups excluding carboxylic acids is 1. The number of hydrogen-bond donors (Lipinski definition) is 1. The third-order valence-electron chi connectivity index (χ3n) is 2.46. The summed E-state index contributed by atoms with van der Waals surface area (Å²) in [5.74, 6) is -0.336. The summed E-state index contributed by atoms with van der Waals surface area (Å²) in [6.07, 6.45) is 1.46. The number of para-hydroxylation sites is 1. The molecule has 0 amide bonds. The highest BCUT2D eigenvalue weighted by Crippen LogP contribution is 2.21. The van der Waals surface area contributed by atoms with E-state index in [0.717, 1.165) is 22.2 Å². The summed E-state index contributed by atoms with van der Waals surface area (Å²) in [4.78, 5) is 11.3. The van der Waals surface area contributed by atoms with E-state index in [1.54, 1.807) is 6.92 Å². The second-order valence-corrected chi connectivity index (χ2v) is 3.70. The van der Waals surface area contributed by atoms with Crippen LogP contribution in [0.15, 0.2) is 30.3 Å². The van der Waals surface area contributed by atoms with Gasteiger partial charge in [0.1, 0.15) is 0 Å². The topological polar surface area (TPSA) is 55.0 Å². The van der Waals surface area contributed by atoms with Gasteiger partial charge in [0.2, 0.25) is 0 Å². The first-order valence-corrected chi connectivity index (χ1v) is 5.51. The number of nitrogens with one attached hydrogen (secondary N) is 1. The molecular weight excluding hydrogens is 216 g/mol. The molecule has 0 aliphatic heterocycles. The van der Waals surface area contributed by atoms with Gasteiger partial charge in [0.25, 0.3) is 0 Å². The summed E-state index contributed by atoms with van der Waals surface area (Å²) in [6, 6.07) is 7.80. The second-order valence-electron chi connectivity index (χ2n) is 3.70. The van der Waals surface area contributed by atoms with Gasteiger partial charge >= 0.3 is 5.97 Å². The number of aromatic amines is 1.